The van der Waals surface area contributed by atoms with E-state index in [0.29, 0.717) is 0 Å². The van der Waals surface area contributed by atoms with E-state index >= 15 is 0 Å². The zero-order chi connectivity index (χ0) is 15.3. The number of sulfone groups is 1. The number of nitriles is 1. The molecule has 4 heteroatoms. The van der Waals surface area contributed by atoms with E-state index in [4.69, 9.17) is 0 Å². The maximum absolute atomic E-state index is 12.4. The van der Waals surface area contributed by atoms with Crippen molar-refractivity contribution in [1.29, 1.82) is 5.26 Å². The summed E-state index contributed by atoms with van der Waals surface area (Å²) < 4.78 is 24.9. The lowest BCUT2D eigenvalue weighted by Gasteiger charge is -2.08. The van der Waals surface area contributed by atoms with Crippen molar-refractivity contribution in [2.45, 2.75) is 17.7 Å². The Bertz CT molecular complexity index is 773. The van der Waals surface area contributed by atoms with Gasteiger partial charge in [0.1, 0.15) is 11.0 Å². The van der Waals surface area contributed by atoms with Crippen LogP contribution >= 0.6 is 0 Å². The lowest BCUT2D eigenvalue weighted by molar-refractivity contribution is 0.603. The first-order chi connectivity index (χ1) is 10.1. The van der Waals surface area contributed by atoms with Crippen LogP contribution in [0.25, 0.3) is 0 Å². The van der Waals surface area contributed by atoms with E-state index in [9.17, 15) is 13.7 Å². The van der Waals surface area contributed by atoms with Crippen molar-refractivity contribution in [1.82, 2.24) is 0 Å². The molecule has 2 aromatic carbocycles. The molecule has 106 valence electrons. The van der Waals surface area contributed by atoms with Crippen molar-refractivity contribution in [3.8, 4) is 6.07 Å². The fourth-order valence-electron chi connectivity index (χ4n) is 1.99. The third-order valence-electron chi connectivity index (χ3n) is 3.18. The van der Waals surface area contributed by atoms with Gasteiger partial charge in [-0.15, -0.1) is 0 Å². The van der Waals surface area contributed by atoms with Gasteiger partial charge >= 0.3 is 0 Å². The van der Waals surface area contributed by atoms with Gasteiger partial charge in [-0.3, -0.25) is 0 Å². The van der Waals surface area contributed by atoms with E-state index in [2.05, 4.69) is 0 Å². The van der Waals surface area contributed by atoms with Gasteiger partial charge in [-0.2, -0.15) is 5.26 Å². The van der Waals surface area contributed by atoms with Crippen molar-refractivity contribution in [2.75, 3.05) is 0 Å². The molecule has 3 nitrogen and oxygen atoms in total. The summed E-state index contributed by atoms with van der Waals surface area (Å²) in [6.07, 6.45) is 1.50. The summed E-state index contributed by atoms with van der Waals surface area (Å²) >= 11 is 0. The Hall–Kier alpha value is -2.38. The van der Waals surface area contributed by atoms with Crippen molar-refractivity contribution in [2.24, 2.45) is 0 Å². The Morgan fingerprint density at radius 1 is 1.05 bits per heavy atom. The minimum absolute atomic E-state index is 0.137. The standard InChI is InChI=1S/C17H15NO2S/c1-14(15-8-4-2-5-9-15)12-17(13-18)21(19,20)16-10-6-3-7-11-16/h2-12,14H,1H3/b17-12+. The molecule has 0 saturated carbocycles. The van der Waals surface area contributed by atoms with Crippen LogP contribution in [-0.2, 0) is 9.84 Å². The summed E-state index contributed by atoms with van der Waals surface area (Å²) in [6.45, 7) is 1.87. The number of hydrogen-bond donors (Lipinski definition) is 0. The van der Waals surface area contributed by atoms with Crippen LogP contribution in [0.1, 0.15) is 18.4 Å². The third-order valence-corrected chi connectivity index (χ3v) is 4.88. The SMILES string of the molecule is CC(/C=C(\C#N)S(=O)(=O)c1ccccc1)c1ccccc1. The molecule has 0 aliphatic carbocycles. The molecule has 0 radical (unpaired) electrons. The normalized spacial score (nSPS) is 13.4. The highest BCUT2D eigenvalue weighted by Crippen LogP contribution is 2.24. The first kappa shape index (κ1) is 15.0. The quantitative estimate of drug-likeness (QED) is 0.809. The van der Waals surface area contributed by atoms with Crippen LogP contribution in [0.3, 0.4) is 0 Å². The predicted molar refractivity (Wildman–Crippen MR) is 82.2 cm³/mol. The van der Waals surface area contributed by atoms with Gasteiger partial charge < -0.3 is 0 Å². The lowest BCUT2D eigenvalue weighted by atomic mass is 10.0. The molecule has 0 fully saturated rings. The largest absolute Gasteiger partial charge is 0.218 e. The summed E-state index contributed by atoms with van der Waals surface area (Å²) in [5.74, 6) is -0.153. The molecule has 0 spiro atoms. The number of nitrogens with zero attached hydrogens (tertiary/aromatic N) is 1. The van der Waals surface area contributed by atoms with Crippen LogP contribution < -0.4 is 0 Å². The summed E-state index contributed by atoms with van der Waals surface area (Å²) in [5.41, 5.74) is 0.966. The lowest BCUT2D eigenvalue weighted by Crippen LogP contribution is -2.05. The average molecular weight is 297 g/mol. The van der Waals surface area contributed by atoms with Crippen molar-refractivity contribution in [3.05, 3.63) is 77.2 Å². The molecular weight excluding hydrogens is 282 g/mol. The molecule has 0 bridgehead atoms. The molecule has 0 N–H and O–H groups in total. The first-order valence-electron chi connectivity index (χ1n) is 6.52. The molecular formula is C17H15NO2S. The van der Waals surface area contributed by atoms with E-state index < -0.39 is 9.84 Å². The van der Waals surface area contributed by atoms with Crippen molar-refractivity contribution >= 4 is 9.84 Å². The van der Waals surface area contributed by atoms with Gasteiger partial charge in [-0.1, -0.05) is 55.5 Å². The Morgan fingerprint density at radius 2 is 1.57 bits per heavy atom. The number of benzene rings is 2. The second-order valence-electron chi connectivity index (χ2n) is 4.66. The molecule has 1 unspecified atom stereocenters. The molecule has 21 heavy (non-hydrogen) atoms. The fourth-order valence-corrected chi connectivity index (χ4v) is 3.27. The van der Waals surface area contributed by atoms with Gasteiger partial charge in [0.2, 0.25) is 9.84 Å². The molecule has 0 amide bonds. The summed E-state index contributed by atoms with van der Waals surface area (Å²) in [6, 6.07) is 19.3. The second-order valence-corrected chi connectivity index (χ2v) is 6.58. The zero-order valence-electron chi connectivity index (χ0n) is 11.6. The first-order valence-corrected chi connectivity index (χ1v) is 8.01. The van der Waals surface area contributed by atoms with Gasteiger partial charge in [0.15, 0.2) is 0 Å². The number of rotatable bonds is 4. The fraction of sp³-hybridized carbons (Fsp3) is 0.118. The van der Waals surface area contributed by atoms with E-state index in [1.54, 1.807) is 18.2 Å². The topological polar surface area (TPSA) is 57.9 Å². The zero-order valence-corrected chi connectivity index (χ0v) is 12.4. The van der Waals surface area contributed by atoms with Gasteiger partial charge in [0.25, 0.3) is 0 Å². The number of allylic oxidation sites excluding steroid dienone is 2. The van der Waals surface area contributed by atoms with E-state index in [1.807, 2.05) is 43.3 Å². The maximum Gasteiger partial charge on any atom is 0.216 e. The Labute approximate surface area is 125 Å². The van der Waals surface area contributed by atoms with E-state index in [-0.39, 0.29) is 15.7 Å². The monoisotopic (exact) mass is 297 g/mol. The summed E-state index contributed by atoms with van der Waals surface area (Å²) in [5, 5.41) is 9.22. The average Bonchev–Trinajstić information content (AvgIpc) is 2.53. The summed E-state index contributed by atoms with van der Waals surface area (Å²) in [4.78, 5) is -0.0804. The van der Waals surface area contributed by atoms with Gasteiger partial charge in [0, 0.05) is 5.92 Å². The molecule has 0 aliphatic rings. The van der Waals surface area contributed by atoms with Gasteiger partial charge in [-0.05, 0) is 23.8 Å². The molecule has 0 aliphatic heterocycles. The Morgan fingerprint density at radius 3 is 2.10 bits per heavy atom. The molecule has 2 aromatic rings. The second kappa shape index (κ2) is 6.38. The van der Waals surface area contributed by atoms with E-state index in [1.165, 1.54) is 18.2 Å². The van der Waals surface area contributed by atoms with E-state index in [0.717, 1.165) is 5.56 Å². The predicted octanol–water partition coefficient (Wildman–Crippen LogP) is 3.67. The van der Waals surface area contributed by atoms with Gasteiger partial charge in [0.05, 0.1) is 4.90 Å². The minimum atomic E-state index is -3.75. The third kappa shape index (κ3) is 3.39. The highest BCUT2D eigenvalue weighted by Gasteiger charge is 2.21. The van der Waals surface area contributed by atoms with Crippen LogP contribution in [-0.4, -0.2) is 8.42 Å². The highest BCUT2D eigenvalue weighted by molar-refractivity contribution is 7.95. The summed E-state index contributed by atoms with van der Waals surface area (Å²) in [7, 11) is -3.75. The van der Waals surface area contributed by atoms with Crippen LogP contribution in [0.5, 0.6) is 0 Å². The molecule has 0 saturated heterocycles. The molecule has 0 heterocycles. The Kier molecular flexibility index (Phi) is 4.56. The van der Waals surface area contributed by atoms with Crippen LogP contribution in [0.15, 0.2) is 76.5 Å². The van der Waals surface area contributed by atoms with Crippen LogP contribution in [0, 0.1) is 11.3 Å². The van der Waals surface area contributed by atoms with Crippen molar-refractivity contribution in [3.63, 3.8) is 0 Å². The number of hydrogen-bond acceptors (Lipinski definition) is 3. The van der Waals surface area contributed by atoms with Gasteiger partial charge in [-0.25, -0.2) is 8.42 Å². The highest BCUT2D eigenvalue weighted by atomic mass is 32.2. The smallest absolute Gasteiger partial charge is 0.216 e. The van der Waals surface area contributed by atoms with Crippen LogP contribution in [0.2, 0.25) is 0 Å². The maximum atomic E-state index is 12.4. The molecule has 1 atom stereocenters. The molecule has 0 aromatic heterocycles. The van der Waals surface area contributed by atoms with Crippen LogP contribution in [0.4, 0.5) is 0 Å². The van der Waals surface area contributed by atoms with Crippen molar-refractivity contribution < 1.29 is 8.42 Å². The minimum Gasteiger partial charge on any atom is -0.218 e. The molecule has 2 rings (SSSR count). The Balaban J connectivity index is 2.41.